The van der Waals surface area contributed by atoms with E-state index in [9.17, 15) is 0 Å². The Morgan fingerprint density at radius 3 is 2.67 bits per heavy atom. The second-order valence-electron chi connectivity index (χ2n) is 6.82. The van der Waals surface area contributed by atoms with E-state index in [0.29, 0.717) is 6.10 Å². The van der Waals surface area contributed by atoms with E-state index in [-0.39, 0.29) is 0 Å². The van der Waals surface area contributed by atoms with E-state index in [0.717, 1.165) is 31.8 Å². The molecule has 116 valence electrons. The molecule has 21 heavy (non-hydrogen) atoms. The van der Waals surface area contributed by atoms with Crippen molar-refractivity contribution >= 4 is 11.4 Å². The summed E-state index contributed by atoms with van der Waals surface area (Å²) in [6, 6.07) is 8.16. The quantitative estimate of drug-likeness (QED) is 0.667. The van der Waals surface area contributed by atoms with Crippen LogP contribution in [0.25, 0.3) is 0 Å². The van der Waals surface area contributed by atoms with Crippen LogP contribution in [0.3, 0.4) is 0 Å². The SMILES string of the molecule is C[N+]1(CCOC2CCN(c3ccc(N)cc3)C2)CCCC1. The van der Waals surface area contributed by atoms with E-state index in [4.69, 9.17) is 10.5 Å². The molecule has 0 amide bonds. The number of hydrogen-bond donors (Lipinski definition) is 1. The van der Waals surface area contributed by atoms with Crippen LogP contribution in [0.2, 0.25) is 0 Å². The molecular formula is C17H28N3O+. The highest BCUT2D eigenvalue weighted by Gasteiger charge is 2.28. The number of nitrogen functional groups attached to an aromatic ring is 1. The molecule has 0 aliphatic carbocycles. The third kappa shape index (κ3) is 3.69. The average molecular weight is 290 g/mol. The average Bonchev–Trinajstić information content (AvgIpc) is 3.10. The third-order valence-corrected chi connectivity index (χ3v) is 5.03. The predicted octanol–water partition coefficient (Wildman–Crippen LogP) is 2.10. The Balaban J connectivity index is 1.43. The van der Waals surface area contributed by atoms with Crippen LogP contribution >= 0.6 is 0 Å². The van der Waals surface area contributed by atoms with Gasteiger partial charge in [-0.1, -0.05) is 0 Å². The zero-order valence-electron chi connectivity index (χ0n) is 13.1. The van der Waals surface area contributed by atoms with Crippen molar-refractivity contribution in [1.29, 1.82) is 0 Å². The minimum absolute atomic E-state index is 0.386. The molecule has 1 unspecified atom stereocenters. The number of hydrogen-bond acceptors (Lipinski definition) is 3. The Morgan fingerprint density at radius 2 is 1.95 bits per heavy atom. The highest BCUT2D eigenvalue weighted by molar-refractivity contribution is 5.53. The Hall–Kier alpha value is -1.26. The largest absolute Gasteiger partial charge is 0.399 e. The fourth-order valence-corrected chi connectivity index (χ4v) is 3.55. The molecule has 2 fully saturated rings. The molecule has 0 bridgehead atoms. The van der Waals surface area contributed by atoms with Gasteiger partial charge in [-0.2, -0.15) is 0 Å². The molecule has 3 rings (SSSR count). The van der Waals surface area contributed by atoms with Crippen LogP contribution in [-0.2, 0) is 4.74 Å². The number of ether oxygens (including phenoxy) is 1. The van der Waals surface area contributed by atoms with Crippen molar-refractivity contribution in [2.45, 2.75) is 25.4 Å². The lowest BCUT2D eigenvalue weighted by atomic mass is 10.2. The maximum Gasteiger partial charge on any atom is 0.102 e. The first-order valence-electron chi connectivity index (χ1n) is 8.20. The van der Waals surface area contributed by atoms with E-state index in [2.05, 4.69) is 24.1 Å². The second-order valence-corrected chi connectivity index (χ2v) is 6.82. The summed E-state index contributed by atoms with van der Waals surface area (Å²) in [5, 5.41) is 0. The van der Waals surface area contributed by atoms with Crippen LogP contribution in [0.1, 0.15) is 19.3 Å². The van der Waals surface area contributed by atoms with Crippen molar-refractivity contribution in [2.24, 2.45) is 0 Å². The summed E-state index contributed by atoms with van der Waals surface area (Å²) in [7, 11) is 2.37. The summed E-state index contributed by atoms with van der Waals surface area (Å²) in [5.74, 6) is 0. The van der Waals surface area contributed by atoms with E-state index in [1.54, 1.807) is 0 Å². The lowest BCUT2D eigenvalue weighted by Crippen LogP contribution is -2.43. The van der Waals surface area contributed by atoms with Crippen molar-refractivity contribution in [3.63, 3.8) is 0 Å². The number of nitrogens with two attached hydrogens (primary N) is 1. The monoisotopic (exact) mass is 290 g/mol. The van der Waals surface area contributed by atoms with Gasteiger partial charge in [0, 0.05) is 37.3 Å². The van der Waals surface area contributed by atoms with Crippen LogP contribution in [-0.4, -0.2) is 57.0 Å². The molecule has 2 saturated heterocycles. The van der Waals surface area contributed by atoms with Crippen molar-refractivity contribution in [2.75, 3.05) is 57.0 Å². The molecule has 1 aromatic carbocycles. The molecule has 4 heteroatoms. The highest BCUT2D eigenvalue weighted by Crippen LogP contribution is 2.23. The molecule has 1 aromatic rings. The van der Waals surface area contributed by atoms with Crippen LogP contribution < -0.4 is 10.6 Å². The normalized spacial score (nSPS) is 24.6. The maximum absolute atomic E-state index is 6.12. The first kappa shape index (κ1) is 14.7. The molecular weight excluding hydrogens is 262 g/mol. The van der Waals surface area contributed by atoms with Crippen LogP contribution in [0, 0.1) is 0 Å². The molecule has 2 N–H and O–H groups in total. The molecule has 0 aromatic heterocycles. The van der Waals surface area contributed by atoms with Crippen LogP contribution in [0.5, 0.6) is 0 Å². The lowest BCUT2D eigenvalue weighted by Gasteiger charge is -2.29. The van der Waals surface area contributed by atoms with Gasteiger partial charge in [-0.05, 0) is 30.7 Å². The second kappa shape index (κ2) is 6.24. The van der Waals surface area contributed by atoms with E-state index < -0.39 is 0 Å². The molecule has 0 radical (unpaired) electrons. The maximum atomic E-state index is 6.12. The predicted molar refractivity (Wildman–Crippen MR) is 87.4 cm³/mol. The standard InChI is InChI=1S/C17H28N3O/c1-20(10-2-3-11-20)12-13-21-17-8-9-19(14-17)16-6-4-15(18)5-7-16/h4-7,17H,2-3,8-14,18H2,1H3/q+1. The number of likely N-dealkylation sites (N-methyl/N-ethyl adjacent to an activating group) is 1. The first-order chi connectivity index (χ1) is 10.1. The molecule has 2 heterocycles. The van der Waals surface area contributed by atoms with E-state index >= 15 is 0 Å². The number of likely N-dealkylation sites (tertiary alicyclic amines) is 1. The molecule has 0 saturated carbocycles. The smallest absolute Gasteiger partial charge is 0.102 e. The summed E-state index contributed by atoms with van der Waals surface area (Å²) in [4.78, 5) is 2.40. The summed E-state index contributed by atoms with van der Waals surface area (Å²) in [6.07, 6.45) is 4.28. The Labute approximate surface area is 128 Å². The van der Waals surface area contributed by atoms with Gasteiger partial charge >= 0.3 is 0 Å². The van der Waals surface area contributed by atoms with Crippen molar-refractivity contribution < 1.29 is 9.22 Å². The van der Waals surface area contributed by atoms with Gasteiger partial charge in [0.25, 0.3) is 0 Å². The van der Waals surface area contributed by atoms with Gasteiger partial charge in [0.2, 0.25) is 0 Å². The topological polar surface area (TPSA) is 38.5 Å². The Morgan fingerprint density at radius 1 is 1.24 bits per heavy atom. The van der Waals surface area contributed by atoms with E-state index in [1.807, 2.05) is 12.1 Å². The molecule has 2 aliphatic heterocycles. The number of benzene rings is 1. The van der Waals surface area contributed by atoms with Gasteiger partial charge in [0.05, 0.1) is 32.8 Å². The van der Waals surface area contributed by atoms with Gasteiger partial charge in [-0.15, -0.1) is 0 Å². The zero-order chi connectivity index (χ0) is 14.7. The Kier molecular flexibility index (Phi) is 4.36. The number of nitrogens with zero attached hydrogens (tertiary/aromatic N) is 2. The molecule has 1 atom stereocenters. The van der Waals surface area contributed by atoms with Gasteiger partial charge in [0.1, 0.15) is 6.54 Å². The first-order valence-corrected chi connectivity index (χ1v) is 8.20. The van der Waals surface area contributed by atoms with Gasteiger partial charge in [-0.3, -0.25) is 0 Å². The Bertz CT molecular complexity index is 454. The highest BCUT2D eigenvalue weighted by atomic mass is 16.5. The summed E-state index contributed by atoms with van der Waals surface area (Å²) in [5.41, 5.74) is 7.83. The number of rotatable bonds is 5. The minimum Gasteiger partial charge on any atom is -0.399 e. The third-order valence-electron chi connectivity index (χ3n) is 5.03. The molecule has 0 spiro atoms. The molecule has 2 aliphatic rings. The van der Waals surface area contributed by atoms with Crippen molar-refractivity contribution in [3.8, 4) is 0 Å². The van der Waals surface area contributed by atoms with Gasteiger partial charge < -0.3 is 19.9 Å². The summed E-state index contributed by atoms with van der Waals surface area (Å²) < 4.78 is 7.33. The van der Waals surface area contributed by atoms with Gasteiger partial charge in [0.15, 0.2) is 0 Å². The fourth-order valence-electron chi connectivity index (χ4n) is 3.55. The van der Waals surface area contributed by atoms with E-state index in [1.165, 1.54) is 42.6 Å². The summed E-state index contributed by atoms with van der Waals surface area (Å²) in [6.45, 7) is 6.81. The molecule has 4 nitrogen and oxygen atoms in total. The zero-order valence-corrected chi connectivity index (χ0v) is 13.1. The van der Waals surface area contributed by atoms with Crippen LogP contribution in [0.4, 0.5) is 11.4 Å². The summed E-state index contributed by atoms with van der Waals surface area (Å²) >= 11 is 0. The van der Waals surface area contributed by atoms with Crippen LogP contribution in [0.15, 0.2) is 24.3 Å². The minimum atomic E-state index is 0.386. The number of anilines is 2. The lowest BCUT2D eigenvalue weighted by molar-refractivity contribution is -0.898. The fraction of sp³-hybridized carbons (Fsp3) is 0.647. The van der Waals surface area contributed by atoms with Crippen molar-refractivity contribution in [3.05, 3.63) is 24.3 Å². The number of quaternary nitrogens is 1. The van der Waals surface area contributed by atoms with Gasteiger partial charge in [-0.25, -0.2) is 0 Å². The van der Waals surface area contributed by atoms with Crippen molar-refractivity contribution in [1.82, 2.24) is 0 Å².